The van der Waals surface area contributed by atoms with Gasteiger partial charge in [-0.2, -0.15) is 0 Å². The van der Waals surface area contributed by atoms with Gasteiger partial charge in [-0.15, -0.1) is 0 Å². The number of unbranched alkanes of at least 4 members (excludes halogenated alkanes) is 1. The second kappa shape index (κ2) is 8.55. The zero-order valence-corrected chi connectivity index (χ0v) is 11.3. The van der Waals surface area contributed by atoms with Gasteiger partial charge in [0, 0.05) is 11.5 Å². The number of azide groups is 1. The summed E-state index contributed by atoms with van der Waals surface area (Å²) in [4.78, 5) is 14.4. The smallest absolute Gasteiger partial charge is 0.326 e. The van der Waals surface area contributed by atoms with E-state index in [4.69, 9.17) is 16.0 Å². The number of carbonyl (C=O) groups is 1. The molecule has 102 valence electrons. The van der Waals surface area contributed by atoms with Crippen molar-refractivity contribution in [2.45, 2.75) is 45.1 Å². The molecule has 0 radical (unpaired) electrons. The van der Waals surface area contributed by atoms with Crippen molar-refractivity contribution in [1.29, 1.82) is 0 Å². The summed E-state index contributed by atoms with van der Waals surface area (Å²) in [5.41, 5.74) is 14.4. The standard InChI is InChI=1S/C12H22N4O2/c1-10(2)6-8-12(13,11(17)18-3)7-4-5-9-15-16-14/h6H,4-5,7-9,13H2,1-3H3/t12-/m0/s1. The van der Waals surface area contributed by atoms with Crippen molar-refractivity contribution in [2.75, 3.05) is 13.7 Å². The first-order valence-electron chi connectivity index (χ1n) is 5.98. The van der Waals surface area contributed by atoms with Gasteiger partial charge in [0.2, 0.25) is 0 Å². The molecule has 6 nitrogen and oxygen atoms in total. The van der Waals surface area contributed by atoms with E-state index >= 15 is 0 Å². The molecule has 0 rings (SSSR count). The summed E-state index contributed by atoms with van der Waals surface area (Å²) in [7, 11) is 1.34. The summed E-state index contributed by atoms with van der Waals surface area (Å²) in [6, 6.07) is 0. The highest BCUT2D eigenvalue weighted by Gasteiger charge is 2.33. The van der Waals surface area contributed by atoms with Crippen molar-refractivity contribution in [2.24, 2.45) is 10.8 Å². The molecule has 0 aromatic rings. The summed E-state index contributed by atoms with van der Waals surface area (Å²) in [5, 5.41) is 3.44. The quantitative estimate of drug-likeness (QED) is 0.180. The van der Waals surface area contributed by atoms with Crippen molar-refractivity contribution in [3.8, 4) is 0 Å². The lowest BCUT2D eigenvalue weighted by Crippen LogP contribution is -2.48. The molecule has 0 saturated carbocycles. The van der Waals surface area contributed by atoms with Crippen molar-refractivity contribution >= 4 is 5.97 Å². The monoisotopic (exact) mass is 254 g/mol. The first kappa shape index (κ1) is 16.5. The minimum Gasteiger partial charge on any atom is -0.468 e. The highest BCUT2D eigenvalue weighted by molar-refractivity contribution is 5.80. The van der Waals surface area contributed by atoms with Crippen LogP contribution in [0.2, 0.25) is 0 Å². The van der Waals surface area contributed by atoms with E-state index in [-0.39, 0.29) is 0 Å². The minimum absolute atomic E-state index is 0.399. The van der Waals surface area contributed by atoms with Gasteiger partial charge in [-0.1, -0.05) is 23.2 Å². The first-order valence-corrected chi connectivity index (χ1v) is 5.98. The van der Waals surface area contributed by atoms with Crippen LogP contribution in [0.15, 0.2) is 16.8 Å². The van der Waals surface area contributed by atoms with E-state index in [2.05, 4.69) is 10.0 Å². The van der Waals surface area contributed by atoms with Gasteiger partial charge in [0.05, 0.1) is 7.11 Å². The van der Waals surface area contributed by atoms with E-state index < -0.39 is 11.5 Å². The van der Waals surface area contributed by atoms with Crippen molar-refractivity contribution in [1.82, 2.24) is 0 Å². The van der Waals surface area contributed by atoms with Crippen molar-refractivity contribution < 1.29 is 9.53 Å². The van der Waals surface area contributed by atoms with Gasteiger partial charge >= 0.3 is 5.97 Å². The number of carbonyl (C=O) groups excluding carboxylic acids is 1. The van der Waals surface area contributed by atoms with Crippen LogP contribution in [0.5, 0.6) is 0 Å². The molecule has 0 amide bonds. The van der Waals surface area contributed by atoms with Crippen LogP contribution in [0.3, 0.4) is 0 Å². The summed E-state index contributed by atoms with van der Waals surface area (Å²) < 4.78 is 4.75. The van der Waals surface area contributed by atoms with Gasteiger partial charge in [0.1, 0.15) is 5.54 Å². The number of nitrogens with two attached hydrogens (primary N) is 1. The van der Waals surface area contributed by atoms with Crippen LogP contribution in [-0.2, 0) is 9.53 Å². The molecular weight excluding hydrogens is 232 g/mol. The van der Waals surface area contributed by atoms with E-state index in [1.807, 2.05) is 19.9 Å². The van der Waals surface area contributed by atoms with Gasteiger partial charge in [-0.05, 0) is 38.6 Å². The summed E-state index contributed by atoms with van der Waals surface area (Å²) >= 11 is 0. The van der Waals surface area contributed by atoms with Crippen LogP contribution in [0, 0.1) is 0 Å². The Kier molecular flexibility index (Phi) is 7.83. The number of ether oxygens (including phenoxy) is 1. The van der Waals surface area contributed by atoms with Crippen LogP contribution in [0.25, 0.3) is 10.4 Å². The Bertz CT molecular complexity index is 344. The maximum absolute atomic E-state index is 11.7. The van der Waals surface area contributed by atoms with Crippen LogP contribution < -0.4 is 5.73 Å². The Morgan fingerprint density at radius 1 is 1.50 bits per heavy atom. The van der Waals surface area contributed by atoms with E-state index in [9.17, 15) is 4.79 Å². The van der Waals surface area contributed by atoms with Crippen LogP contribution in [0.1, 0.15) is 39.5 Å². The largest absolute Gasteiger partial charge is 0.468 e. The number of nitrogens with zero attached hydrogens (tertiary/aromatic N) is 3. The van der Waals surface area contributed by atoms with Gasteiger partial charge in [0.25, 0.3) is 0 Å². The molecule has 6 heteroatoms. The third-order valence-corrected chi connectivity index (χ3v) is 2.66. The molecule has 0 aliphatic heterocycles. The second-order valence-electron chi connectivity index (χ2n) is 4.54. The van der Waals surface area contributed by atoms with E-state index in [0.717, 1.165) is 18.4 Å². The molecule has 0 bridgehead atoms. The fourth-order valence-corrected chi connectivity index (χ4v) is 1.54. The molecular formula is C12H22N4O2. The van der Waals surface area contributed by atoms with Gasteiger partial charge < -0.3 is 10.5 Å². The molecule has 0 heterocycles. The SMILES string of the molecule is COC(=O)[C@@](N)(CC=C(C)C)CCCCN=[N+]=[N-]. The van der Waals surface area contributed by atoms with Gasteiger partial charge in [-0.3, -0.25) is 4.79 Å². The highest BCUT2D eigenvalue weighted by Crippen LogP contribution is 2.19. The Balaban J connectivity index is 4.43. The summed E-state index contributed by atoms with van der Waals surface area (Å²) in [6.45, 7) is 4.34. The van der Waals surface area contributed by atoms with Crippen LogP contribution in [0.4, 0.5) is 0 Å². The number of allylic oxidation sites excluding steroid dienone is 1. The molecule has 0 spiro atoms. The first-order chi connectivity index (χ1) is 8.46. The second-order valence-corrected chi connectivity index (χ2v) is 4.54. The predicted octanol–water partition coefficient (Wildman–Crippen LogP) is 2.69. The zero-order valence-electron chi connectivity index (χ0n) is 11.3. The fourth-order valence-electron chi connectivity index (χ4n) is 1.54. The van der Waals surface area contributed by atoms with Crippen molar-refractivity contribution in [3.63, 3.8) is 0 Å². The molecule has 0 saturated heterocycles. The van der Waals surface area contributed by atoms with E-state index in [1.165, 1.54) is 7.11 Å². The molecule has 0 unspecified atom stereocenters. The van der Waals surface area contributed by atoms with E-state index in [0.29, 0.717) is 19.4 Å². The molecule has 0 aromatic carbocycles. The maximum Gasteiger partial charge on any atom is 0.326 e. The third kappa shape index (κ3) is 6.27. The normalized spacial score (nSPS) is 13.1. The Labute approximate surface area is 108 Å². The van der Waals surface area contributed by atoms with E-state index in [1.54, 1.807) is 0 Å². The lowest BCUT2D eigenvalue weighted by atomic mass is 9.89. The molecule has 0 aliphatic carbocycles. The number of hydrogen-bond acceptors (Lipinski definition) is 4. The average Bonchev–Trinajstić information content (AvgIpc) is 2.35. The number of rotatable bonds is 8. The molecule has 2 N–H and O–H groups in total. The fraction of sp³-hybridized carbons (Fsp3) is 0.750. The number of esters is 1. The third-order valence-electron chi connectivity index (χ3n) is 2.66. The average molecular weight is 254 g/mol. The number of methoxy groups -OCH3 is 1. The topological polar surface area (TPSA) is 101 Å². The lowest BCUT2D eigenvalue weighted by Gasteiger charge is -2.25. The summed E-state index contributed by atoms with van der Waals surface area (Å²) in [6.07, 6.45) is 4.36. The molecule has 1 atom stereocenters. The maximum atomic E-state index is 11.7. The van der Waals surface area contributed by atoms with Gasteiger partial charge in [-0.25, -0.2) is 0 Å². The molecule has 0 fully saturated rings. The zero-order chi connectivity index (χ0) is 14.0. The predicted molar refractivity (Wildman–Crippen MR) is 70.8 cm³/mol. The Morgan fingerprint density at radius 3 is 2.67 bits per heavy atom. The summed E-state index contributed by atoms with van der Waals surface area (Å²) in [5.74, 6) is -0.399. The Hall–Kier alpha value is -1.52. The minimum atomic E-state index is -0.984. The van der Waals surface area contributed by atoms with Crippen LogP contribution in [-0.4, -0.2) is 25.2 Å². The van der Waals surface area contributed by atoms with Gasteiger partial charge in [0.15, 0.2) is 0 Å². The van der Waals surface area contributed by atoms with Crippen LogP contribution >= 0.6 is 0 Å². The molecule has 18 heavy (non-hydrogen) atoms. The molecule has 0 aliphatic rings. The number of hydrogen-bond donors (Lipinski definition) is 1. The van der Waals surface area contributed by atoms with Crippen molar-refractivity contribution in [3.05, 3.63) is 22.1 Å². The lowest BCUT2D eigenvalue weighted by molar-refractivity contribution is -0.147. The highest BCUT2D eigenvalue weighted by atomic mass is 16.5. The molecule has 0 aromatic heterocycles. The Morgan fingerprint density at radius 2 is 2.17 bits per heavy atom.